The van der Waals surface area contributed by atoms with Crippen molar-refractivity contribution in [1.82, 2.24) is 9.88 Å². The van der Waals surface area contributed by atoms with Crippen LogP contribution in [0.3, 0.4) is 0 Å². The summed E-state index contributed by atoms with van der Waals surface area (Å²) in [5.74, 6) is -4.58. The van der Waals surface area contributed by atoms with Crippen molar-refractivity contribution in [1.29, 1.82) is 0 Å². The lowest BCUT2D eigenvalue weighted by atomic mass is 9.91. The van der Waals surface area contributed by atoms with Crippen molar-refractivity contribution in [3.8, 4) is 0 Å². The van der Waals surface area contributed by atoms with E-state index in [0.29, 0.717) is 31.7 Å². The molecule has 3 aliphatic rings. The zero-order chi connectivity index (χ0) is 27.4. The molecule has 1 aliphatic carbocycles. The van der Waals surface area contributed by atoms with E-state index in [4.69, 9.17) is 14.5 Å². The molecule has 2 aliphatic heterocycles. The maximum Gasteiger partial charge on any atom is 0.325 e. The number of ether oxygens (including phenoxy) is 2. The molecule has 3 atom stereocenters. The Hall–Kier alpha value is -2.49. The van der Waals surface area contributed by atoms with Gasteiger partial charge in [0.05, 0.1) is 12.2 Å². The predicted molar refractivity (Wildman–Crippen MR) is 139 cm³/mol. The predicted octanol–water partition coefficient (Wildman–Crippen LogP) is 5.83. The van der Waals surface area contributed by atoms with Crippen LogP contribution in [0.2, 0.25) is 0 Å². The van der Waals surface area contributed by atoms with Crippen LogP contribution in [0.1, 0.15) is 85.2 Å². The van der Waals surface area contributed by atoms with Gasteiger partial charge in [0.1, 0.15) is 18.5 Å². The van der Waals surface area contributed by atoms with Gasteiger partial charge in [0.15, 0.2) is 0 Å². The van der Waals surface area contributed by atoms with Gasteiger partial charge in [0.25, 0.3) is 5.92 Å². The fourth-order valence-electron chi connectivity index (χ4n) is 6.08. The molecule has 5 rings (SSSR count). The minimum atomic E-state index is -2.90. The molecule has 0 bridgehead atoms. The molecule has 0 amide bonds. The summed E-state index contributed by atoms with van der Waals surface area (Å²) in [7, 11) is 0. The molecule has 2 fully saturated rings. The number of aliphatic carboxylic acids is 1. The van der Waals surface area contributed by atoms with E-state index in [1.807, 2.05) is 0 Å². The van der Waals surface area contributed by atoms with Gasteiger partial charge in [-0.1, -0.05) is 12.1 Å². The molecule has 3 heterocycles. The smallest absolute Gasteiger partial charge is 0.325 e. The number of carboxylic acids is 1. The Kier molecular flexibility index (Phi) is 8.89. The van der Waals surface area contributed by atoms with Crippen molar-refractivity contribution in [2.24, 2.45) is 0 Å². The quantitative estimate of drug-likeness (QED) is 0.379. The van der Waals surface area contributed by atoms with Gasteiger partial charge in [0.2, 0.25) is 0 Å². The Morgan fingerprint density at radius 3 is 2.82 bits per heavy atom. The molecule has 1 aromatic carbocycles. The Morgan fingerprint density at radius 2 is 2.03 bits per heavy atom. The number of fused-ring (bicyclic) bond motifs is 1. The molecule has 2 aromatic rings. The first kappa shape index (κ1) is 28.1. The average Bonchev–Trinajstić information content (AvgIpc) is 3.37. The molecular weight excluding hydrogens is 509 g/mol. The van der Waals surface area contributed by atoms with E-state index in [2.05, 4.69) is 12.1 Å². The number of likely N-dealkylation sites (tertiary alicyclic amines) is 1. The van der Waals surface area contributed by atoms with Crippen molar-refractivity contribution in [3.05, 3.63) is 64.2 Å². The molecule has 0 saturated carbocycles. The first-order chi connectivity index (χ1) is 18.8. The Bertz CT molecular complexity index is 1150. The fourth-order valence-corrected chi connectivity index (χ4v) is 6.08. The normalized spacial score (nSPS) is 23.9. The van der Waals surface area contributed by atoms with E-state index in [1.165, 1.54) is 42.3 Å². The number of carboxylic acid groups (broad SMARTS) is 1. The Balaban J connectivity index is 1.14. The van der Waals surface area contributed by atoms with Gasteiger partial charge in [-0.25, -0.2) is 13.2 Å². The molecule has 9 heteroatoms. The fraction of sp³-hybridized carbons (Fsp3) is 0.600. The van der Waals surface area contributed by atoms with Crippen molar-refractivity contribution in [3.63, 3.8) is 0 Å². The van der Waals surface area contributed by atoms with Gasteiger partial charge in [-0.2, -0.15) is 0 Å². The summed E-state index contributed by atoms with van der Waals surface area (Å²) in [6.07, 6.45) is 6.98. The van der Waals surface area contributed by atoms with E-state index in [-0.39, 0.29) is 24.5 Å². The minimum absolute atomic E-state index is 0.0463. The highest BCUT2D eigenvalue weighted by Gasteiger charge is 2.40. The summed E-state index contributed by atoms with van der Waals surface area (Å²) in [6.45, 7) is 0.744. The highest BCUT2D eigenvalue weighted by atomic mass is 19.3. The zero-order valence-corrected chi connectivity index (χ0v) is 22.2. The summed E-state index contributed by atoms with van der Waals surface area (Å²) < 4.78 is 53.0. The number of benzene rings is 1. The first-order valence-electron chi connectivity index (χ1n) is 14.1. The van der Waals surface area contributed by atoms with Crippen LogP contribution in [0.15, 0.2) is 30.3 Å². The van der Waals surface area contributed by atoms with Gasteiger partial charge in [-0.3, -0.25) is 14.7 Å². The third kappa shape index (κ3) is 6.99. The third-order valence-electron chi connectivity index (χ3n) is 8.15. The van der Waals surface area contributed by atoms with Crippen molar-refractivity contribution in [2.45, 2.75) is 88.4 Å². The van der Waals surface area contributed by atoms with Crippen LogP contribution in [0.25, 0.3) is 0 Å². The molecule has 39 heavy (non-hydrogen) atoms. The van der Waals surface area contributed by atoms with Gasteiger partial charge >= 0.3 is 5.97 Å². The number of carbonyl (C=O) groups is 1. The van der Waals surface area contributed by atoms with Gasteiger partial charge < -0.3 is 14.6 Å². The highest BCUT2D eigenvalue weighted by molar-refractivity contribution is 5.76. The SMILES string of the molecule is O=C(O)C(c1cc(F)ccc1C1CCC(F)(F)CO1)N1CC[C@@H](OCCCCc2ccc3c(n2)CCCC3)C1. The van der Waals surface area contributed by atoms with Crippen LogP contribution in [0, 0.1) is 5.82 Å². The molecule has 2 saturated heterocycles. The lowest BCUT2D eigenvalue weighted by Gasteiger charge is -2.32. The van der Waals surface area contributed by atoms with E-state index >= 15 is 0 Å². The van der Waals surface area contributed by atoms with Crippen molar-refractivity contribution in [2.75, 3.05) is 26.3 Å². The van der Waals surface area contributed by atoms with Crippen molar-refractivity contribution >= 4 is 5.97 Å². The van der Waals surface area contributed by atoms with Crippen LogP contribution in [0.4, 0.5) is 13.2 Å². The molecule has 1 aromatic heterocycles. The van der Waals surface area contributed by atoms with E-state index < -0.39 is 36.5 Å². The number of alkyl halides is 2. The maximum atomic E-state index is 14.3. The minimum Gasteiger partial charge on any atom is -0.480 e. The number of aryl methyl sites for hydroxylation is 3. The largest absolute Gasteiger partial charge is 0.480 e. The lowest BCUT2D eigenvalue weighted by molar-refractivity contribution is -0.147. The van der Waals surface area contributed by atoms with E-state index in [0.717, 1.165) is 37.8 Å². The van der Waals surface area contributed by atoms with Crippen LogP contribution in [0.5, 0.6) is 0 Å². The lowest BCUT2D eigenvalue weighted by Crippen LogP contribution is -2.36. The summed E-state index contributed by atoms with van der Waals surface area (Å²) in [5.41, 5.74) is 4.49. The third-order valence-corrected chi connectivity index (χ3v) is 8.15. The van der Waals surface area contributed by atoms with Crippen LogP contribution in [-0.2, 0) is 33.5 Å². The molecule has 6 nitrogen and oxygen atoms in total. The molecule has 0 radical (unpaired) electrons. The molecule has 1 N–H and O–H groups in total. The number of nitrogens with zero attached hydrogens (tertiary/aromatic N) is 2. The number of unbranched alkanes of at least 4 members (excludes halogenated alkanes) is 1. The molecule has 212 valence electrons. The van der Waals surface area contributed by atoms with Gasteiger partial charge in [-0.05, 0) is 92.7 Å². The first-order valence-corrected chi connectivity index (χ1v) is 14.1. The second-order valence-electron chi connectivity index (χ2n) is 11.1. The second kappa shape index (κ2) is 12.4. The molecular formula is C30H37F3N2O4. The zero-order valence-electron chi connectivity index (χ0n) is 22.2. The molecule has 0 spiro atoms. The summed E-state index contributed by atoms with van der Waals surface area (Å²) in [4.78, 5) is 19.0. The second-order valence-corrected chi connectivity index (χ2v) is 11.1. The van der Waals surface area contributed by atoms with Crippen LogP contribution >= 0.6 is 0 Å². The average molecular weight is 547 g/mol. The van der Waals surface area contributed by atoms with Gasteiger partial charge in [-0.15, -0.1) is 0 Å². The summed E-state index contributed by atoms with van der Waals surface area (Å²) in [6, 6.07) is 7.15. The number of aromatic nitrogens is 1. The maximum absolute atomic E-state index is 14.3. The van der Waals surface area contributed by atoms with Crippen molar-refractivity contribution < 1.29 is 32.5 Å². The topological polar surface area (TPSA) is 71.9 Å². The summed E-state index contributed by atoms with van der Waals surface area (Å²) in [5, 5.41) is 10.1. The van der Waals surface area contributed by atoms with Crippen LogP contribution < -0.4 is 0 Å². The standard InChI is InChI=1S/C30H37F3N2O4/c31-21-9-11-24(27-12-14-30(32,33)19-39-27)25(17-21)28(29(36)37)35-15-13-23(18-35)38-16-4-3-6-22-10-8-20-5-1-2-7-26(20)34-22/h8-11,17,23,27-28H,1-7,12-16,18-19H2,(H,36,37)/t23-,27?,28?/m1/s1. The number of hydrogen-bond acceptors (Lipinski definition) is 5. The number of pyridine rings is 1. The van der Waals surface area contributed by atoms with E-state index in [1.54, 1.807) is 4.90 Å². The monoisotopic (exact) mass is 546 g/mol. The highest BCUT2D eigenvalue weighted by Crippen LogP contribution is 2.40. The number of rotatable bonds is 10. The molecule has 2 unspecified atom stereocenters. The Labute approximate surface area is 227 Å². The van der Waals surface area contributed by atoms with Crippen LogP contribution in [-0.4, -0.2) is 59.3 Å². The Morgan fingerprint density at radius 1 is 1.18 bits per heavy atom. The summed E-state index contributed by atoms with van der Waals surface area (Å²) >= 11 is 0. The number of hydrogen-bond donors (Lipinski definition) is 1. The number of halogens is 3. The van der Waals surface area contributed by atoms with E-state index in [9.17, 15) is 23.1 Å². The van der Waals surface area contributed by atoms with Gasteiger partial charge in [0, 0.05) is 37.5 Å².